The number of para-hydroxylation sites is 1. The summed E-state index contributed by atoms with van der Waals surface area (Å²) in [5.74, 6) is 1.15. The SMILES string of the molecule is C=CC(=O)Nc1cc(Nc2ncnc(-c3c(C4CCOCC4)n(C)c4ccccc34)n2)c(C)cc1N(C)CCN(C)C. The number of fused-ring (bicyclic) bond motifs is 1. The van der Waals surface area contributed by atoms with Gasteiger partial charge < -0.3 is 29.7 Å². The molecule has 4 aromatic rings. The fraction of sp³-hybridized carbons (Fsp3) is 0.375. The van der Waals surface area contributed by atoms with Crippen LogP contribution < -0.4 is 15.5 Å². The molecule has 0 radical (unpaired) electrons. The second-order valence-electron chi connectivity index (χ2n) is 11.1. The van der Waals surface area contributed by atoms with Gasteiger partial charge >= 0.3 is 0 Å². The minimum absolute atomic E-state index is 0.272. The molecule has 0 atom stereocenters. The Morgan fingerprint density at radius 3 is 2.62 bits per heavy atom. The van der Waals surface area contributed by atoms with Crippen LogP contribution in [0.2, 0.25) is 0 Å². The van der Waals surface area contributed by atoms with Crippen molar-refractivity contribution < 1.29 is 9.53 Å². The second kappa shape index (κ2) is 12.7. The van der Waals surface area contributed by atoms with Crippen molar-refractivity contribution in [3.8, 4) is 11.4 Å². The molecule has 0 aliphatic carbocycles. The molecule has 1 fully saturated rings. The maximum Gasteiger partial charge on any atom is 0.247 e. The highest BCUT2D eigenvalue weighted by Gasteiger charge is 2.27. The molecule has 1 saturated heterocycles. The van der Waals surface area contributed by atoms with Crippen LogP contribution in [0.25, 0.3) is 22.3 Å². The maximum absolute atomic E-state index is 12.3. The Labute approximate surface area is 247 Å². The lowest BCUT2D eigenvalue weighted by atomic mass is 9.92. The van der Waals surface area contributed by atoms with E-state index in [4.69, 9.17) is 9.72 Å². The van der Waals surface area contributed by atoms with Gasteiger partial charge in [0.25, 0.3) is 0 Å². The number of nitrogens with one attached hydrogen (secondary N) is 2. The molecule has 3 heterocycles. The predicted octanol–water partition coefficient (Wildman–Crippen LogP) is 5.10. The van der Waals surface area contributed by atoms with Crippen molar-refractivity contribution in [1.29, 1.82) is 0 Å². The lowest BCUT2D eigenvalue weighted by Crippen LogP contribution is -2.29. The highest BCUT2D eigenvalue weighted by molar-refractivity contribution is 6.02. The summed E-state index contributed by atoms with van der Waals surface area (Å²) in [6.45, 7) is 8.82. The quantitative estimate of drug-likeness (QED) is 0.255. The van der Waals surface area contributed by atoms with Crippen molar-refractivity contribution in [3.63, 3.8) is 0 Å². The standard InChI is InChI=1S/C32H40N8O2/c1-7-28(41)35-25-19-24(21(2)18-27(25)39(5)15-14-38(3)4)36-32-34-20-33-31(37-32)29-23-10-8-9-11-26(23)40(6)30(29)22-12-16-42-17-13-22/h7-11,18-20,22H,1,12-17H2,2-6H3,(H,35,41)(H,33,34,36,37). The van der Waals surface area contributed by atoms with Crippen LogP contribution in [0.15, 0.2) is 55.4 Å². The second-order valence-corrected chi connectivity index (χ2v) is 11.1. The van der Waals surface area contributed by atoms with E-state index < -0.39 is 0 Å². The molecule has 0 saturated carbocycles. The van der Waals surface area contributed by atoms with E-state index in [1.165, 1.54) is 11.8 Å². The Bertz CT molecular complexity index is 1590. The fourth-order valence-electron chi connectivity index (χ4n) is 5.59. The molecule has 1 amide bonds. The summed E-state index contributed by atoms with van der Waals surface area (Å²) in [5.41, 5.74) is 6.80. The zero-order valence-electron chi connectivity index (χ0n) is 25.1. The number of aromatic nitrogens is 4. The average molecular weight is 569 g/mol. The molecule has 10 nitrogen and oxygen atoms in total. The lowest BCUT2D eigenvalue weighted by Gasteiger charge is -2.26. The summed E-state index contributed by atoms with van der Waals surface area (Å²) < 4.78 is 7.95. The van der Waals surface area contributed by atoms with E-state index in [1.54, 1.807) is 6.33 Å². The first-order chi connectivity index (χ1) is 20.3. The smallest absolute Gasteiger partial charge is 0.247 e. The fourth-order valence-corrected chi connectivity index (χ4v) is 5.59. The molecule has 0 bridgehead atoms. The van der Waals surface area contributed by atoms with Crippen LogP contribution in [0.1, 0.15) is 30.0 Å². The number of rotatable bonds is 10. The number of aryl methyl sites for hydroxylation is 2. The van der Waals surface area contributed by atoms with Crippen molar-refractivity contribution in [2.24, 2.45) is 7.05 Å². The van der Waals surface area contributed by atoms with Gasteiger partial charge in [-0.3, -0.25) is 4.79 Å². The molecule has 42 heavy (non-hydrogen) atoms. The van der Waals surface area contributed by atoms with E-state index in [-0.39, 0.29) is 5.91 Å². The van der Waals surface area contributed by atoms with Crippen LogP contribution in [0.5, 0.6) is 0 Å². The molecule has 0 unspecified atom stereocenters. The summed E-state index contributed by atoms with van der Waals surface area (Å²) in [4.78, 5) is 30.6. The van der Waals surface area contributed by atoms with Gasteiger partial charge in [0.1, 0.15) is 6.33 Å². The highest BCUT2D eigenvalue weighted by Crippen LogP contribution is 2.40. The number of carbonyl (C=O) groups is 1. The van der Waals surface area contributed by atoms with Gasteiger partial charge in [-0.05, 0) is 63.7 Å². The number of amides is 1. The van der Waals surface area contributed by atoms with Crippen molar-refractivity contribution >= 4 is 39.8 Å². The average Bonchev–Trinajstić information content (AvgIpc) is 3.30. The Morgan fingerprint density at radius 2 is 1.88 bits per heavy atom. The zero-order chi connectivity index (χ0) is 29.8. The zero-order valence-corrected chi connectivity index (χ0v) is 25.1. The summed E-state index contributed by atoms with van der Waals surface area (Å²) in [7, 11) is 8.23. The van der Waals surface area contributed by atoms with Crippen molar-refractivity contribution in [1.82, 2.24) is 24.4 Å². The number of anilines is 4. The predicted molar refractivity (Wildman–Crippen MR) is 170 cm³/mol. The van der Waals surface area contributed by atoms with E-state index in [1.807, 2.05) is 34.1 Å². The van der Waals surface area contributed by atoms with Crippen LogP contribution in [0.3, 0.4) is 0 Å². The molecule has 2 aromatic carbocycles. The number of nitrogens with zero attached hydrogens (tertiary/aromatic N) is 6. The van der Waals surface area contributed by atoms with Gasteiger partial charge in [0.05, 0.1) is 11.4 Å². The van der Waals surface area contributed by atoms with Crippen LogP contribution in [-0.2, 0) is 16.6 Å². The van der Waals surface area contributed by atoms with Crippen LogP contribution >= 0.6 is 0 Å². The molecule has 220 valence electrons. The normalized spacial score (nSPS) is 13.9. The van der Waals surface area contributed by atoms with E-state index in [0.717, 1.165) is 72.5 Å². The third kappa shape index (κ3) is 6.14. The summed E-state index contributed by atoms with van der Waals surface area (Å²) in [6, 6.07) is 12.4. The summed E-state index contributed by atoms with van der Waals surface area (Å²) in [6.07, 6.45) is 4.75. The summed E-state index contributed by atoms with van der Waals surface area (Å²) >= 11 is 0. The number of benzene rings is 2. The van der Waals surface area contributed by atoms with E-state index in [0.29, 0.717) is 23.4 Å². The molecule has 1 aliphatic rings. The van der Waals surface area contributed by atoms with Crippen LogP contribution in [0, 0.1) is 6.92 Å². The number of carbonyl (C=O) groups excluding carboxylic acids is 1. The third-order valence-corrected chi connectivity index (χ3v) is 7.88. The monoisotopic (exact) mass is 568 g/mol. The van der Waals surface area contributed by atoms with E-state index >= 15 is 0 Å². The van der Waals surface area contributed by atoms with Crippen molar-refractivity contribution in [3.05, 3.63) is 66.6 Å². The van der Waals surface area contributed by atoms with Gasteiger partial charge in [-0.25, -0.2) is 9.97 Å². The van der Waals surface area contributed by atoms with Gasteiger partial charge in [0, 0.05) is 74.2 Å². The molecule has 2 aromatic heterocycles. The molecular formula is C32H40N8O2. The van der Waals surface area contributed by atoms with Crippen molar-refractivity contribution in [2.45, 2.75) is 25.7 Å². The first-order valence-electron chi connectivity index (χ1n) is 14.3. The van der Waals surface area contributed by atoms with Gasteiger partial charge in [-0.15, -0.1) is 0 Å². The Kier molecular flexibility index (Phi) is 8.84. The molecule has 5 rings (SSSR count). The van der Waals surface area contributed by atoms with Gasteiger partial charge in [0.2, 0.25) is 11.9 Å². The number of hydrogen-bond acceptors (Lipinski definition) is 8. The Hall–Kier alpha value is -4.28. The van der Waals surface area contributed by atoms with E-state index in [9.17, 15) is 4.79 Å². The minimum atomic E-state index is -0.272. The van der Waals surface area contributed by atoms with Crippen molar-refractivity contribution in [2.75, 3.05) is 63.0 Å². The topological polar surface area (TPSA) is 100 Å². The first kappa shape index (κ1) is 29.2. The summed E-state index contributed by atoms with van der Waals surface area (Å²) in [5, 5.41) is 7.48. The van der Waals surface area contributed by atoms with Crippen LogP contribution in [-0.4, -0.2) is 77.8 Å². The largest absolute Gasteiger partial charge is 0.381 e. The van der Waals surface area contributed by atoms with Gasteiger partial charge in [-0.1, -0.05) is 24.8 Å². The number of hydrogen-bond donors (Lipinski definition) is 2. The Balaban J connectivity index is 1.52. The molecule has 0 spiro atoms. The first-order valence-corrected chi connectivity index (χ1v) is 14.3. The van der Waals surface area contributed by atoms with E-state index in [2.05, 4.69) is 78.9 Å². The molecule has 10 heteroatoms. The van der Waals surface area contributed by atoms with Gasteiger partial charge in [-0.2, -0.15) is 4.98 Å². The third-order valence-electron chi connectivity index (χ3n) is 7.88. The maximum atomic E-state index is 12.3. The number of ether oxygens (including phenoxy) is 1. The Morgan fingerprint density at radius 1 is 1.12 bits per heavy atom. The van der Waals surface area contributed by atoms with Gasteiger partial charge in [0.15, 0.2) is 5.82 Å². The molecular weight excluding hydrogens is 528 g/mol. The van der Waals surface area contributed by atoms with Crippen LogP contribution in [0.4, 0.5) is 23.0 Å². The number of likely N-dealkylation sites (N-methyl/N-ethyl adjacent to an activating group) is 2. The minimum Gasteiger partial charge on any atom is -0.381 e. The molecule has 2 N–H and O–H groups in total. The highest BCUT2D eigenvalue weighted by atomic mass is 16.5. The molecule has 1 aliphatic heterocycles. The lowest BCUT2D eigenvalue weighted by molar-refractivity contribution is -0.111.